The number of hydrogen-bond donors (Lipinski definition) is 2. The predicted octanol–water partition coefficient (Wildman–Crippen LogP) is 3.06. The van der Waals surface area contributed by atoms with Crippen LogP contribution in [0.1, 0.15) is 12.2 Å². The van der Waals surface area contributed by atoms with Crippen molar-refractivity contribution in [1.82, 2.24) is 19.9 Å². The fraction of sp³-hybridized carbons (Fsp3) is 0.267. The maximum atomic E-state index is 5.97. The van der Waals surface area contributed by atoms with Gasteiger partial charge in [-0.1, -0.05) is 11.6 Å². The van der Waals surface area contributed by atoms with Gasteiger partial charge in [-0.2, -0.15) is 4.98 Å². The highest BCUT2D eigenvalue weighted by Gasteiger charge is 2.04. The fourth-order valence-corrected chi connectivity index (χ4v) is 2.32. The van der Waals surface area contributed by atoms with Crippen molar-refractivity contribution in [3.63, 3.8) is 0 Å². The van der Waals surface area contributed by atoms with E-state index in [1.807, 2.05) is 18.2 Å². The van der Waals surface area contributed by atoms with Gasteiger partial charge in [-0.3, -0.25) is 0 Å². The number of nitrogens with zero attached hydrogens (tertiary/aromatic N) is 3. The van der Waals surface area contributed by atoms with Crippen LogP contribution in [0.25, 0.3) is 11.0 Å². The standard InChI is InChI=1S/C15H16ClN5O/c1-22-14-6-8-18-15(21-14)17-7-2-3-13-19-11-5-4-10(16)9-12(11)20-13/h4-6,8-9H,2-3,7H2,1H3,(H,19,20)(H,17,18,21). The number of ether oxygens (including phenoxy) is 1. The molecule has 2 heterocycles. The maximum Gasteiger partial charge on any atom is 0.225 e. The smallest absolute Gasteiger partial charge is 0.225 e. The van der Waals surface area contributed by atoms with Crippen molar-refractivity contribution in [1.29, 1.82) is 0 Å². The molecular weight excluding hydrogens is 302 g/mol. The first-order valence-electron chi connectivity index (χ1n) is 6.99. The predicted molar refractivity (Wildman–Crippen MR) is 86.5 cm³/mol. The summed E-state index contributed by atoms with van der Waals surface area (Å²) in [6.45, 7) is 0.755. The van der Waals surface area contributed by atoms with Crippen LogP contribution < -0.4 is 10.1 Å². The minimum atomic E-state index is 0.548. The van der Waals surface area contributed by atoms with Crippen molar-refractivity contribution in [3.8, 4) is 5.88 Å². The summed E-state index contributed by atoms with van der Waals surface area (Å²) in [6.07, 6.45) is 3.41. The SMILES string of the molecule is COc1ccnc(NCCCc2nc3ccc(Cl)cc3[nH]2)n1. The molecule has 0 spiro atoms. The summed E-state index contributed by atoms with van der Waals surface area (Å²) in [5.74, 6) is 2.06. The van der Waals surface area contributed by atoms with Crippen LogP contribution in [-0.2, 0) is 6.42 Å². The molecule has 3 rings (SSSR count). The average molecular weight is 318 g/mol. The second-order valence-corrected chi connectivity index (χ2v) is 5.23. The van der Waals surface area contributed by atoms with Gasteiger partial charge in [0.15, 0.2) is 0 Å². The van der Waals surface area contributed by atoms with Crippen LogP contribution in [0.15, 0.2) is 30.5 Å². The van der Waals surface area contributed by atoms with Gasteiger partial charge in [-0.25, -0.2) is 9.97 Å². The molecule has 114 valence electrons. The summed E-state index contributed by atoms with van der Waals surface area (Å²) < 4.78 is 5.06. The zero-order valence-electron chi connectivity index (χ0n) is 12.1. The number of rotatable bonds is 6. The minimum absolute atomic E-state index is 0.548. The third-order valence-corrected chi connectivity index (χ3v) is 3.44. The van der Waals surface area contributed by atoms with E-state index in [1.165, 1.54) is 0 Å². The number of fused-ring (bicyclic) bond motifs is 1. The van der Waals surface area contributed by atoms with Crippen LogP contribution in [0.5, 0.6) is 5.88 Å². The molecule has 0 aliphatic carbocycles. The van der Waals surface area contributed by atoms with Gasteiger partial charge in [-0.05, 0) is 24.6 Å². The van der Waals surface area contributed by atoms with Crippen LogP contribution in [0, 0.1) is 0 Å². The van der Waals surface area contributed by atoms with Crippen LogP contribution in [0.3, 0.4) is 0 Å². The Balaban J connectivity index is 1.53. The molecule has 0 aliphatic rings. The highest BCUT2D eigenvalue weighted by atomic mass is 35.5. The fourth-order valence-electron chi connectivity index (χ4n) is 2.15. The van der Waals surface area contributed by atoms with Gasteiger partial charge >= 0.3 is 0 Å². The largest absolute Gasteiger partial charge is 0.481 e. The number of nitrogens with one attached hydrogen (secondary N) is 2. The number of aryl methyl sites for hydroxylation is 1. The van der Waals surface area contributed by atoms with Gasteiger partial charge in [0.05, 0.1) is 18.1 Å². The number of aromatic amines is 1. The Morgan fingerprint density at radius 1 is 1.27 bits per heavy atom. The number of imidazole rings is 1. The van der Waals surface area contributed by atoms with E-state index in [2.05, 4.69) is 25.3 Å². The molecule has 6 nitrogen and oxygen atoms in total. The summed E-state index contributed by atoms with van der Waals surface area (Å²) in [4.78, 5) is 16.1. The zero-order valence-corrected chi connectivity index (χ0v) is 12.9. The second-order valence-electron chi connectivity index (χ2n) is 4.80. The van der Waals surface area contributed by atoms with Gasteiger partial charge in [-0.15, -0.1) is 0 Å². The molecule has 0 radical (unpaired) electrons. The van der Waals surface area contributed by atoms with Gasteiger partial charge < -0.3 is 15.0 Å². The molecule has 2 aromatic heterocycles. The van der Waals surface area contributed by atoms with Crippen molar-refractivity contribution in [2.75, 3.05) is 19.0 Å². The highest BCUT2D eigenvalue weighted by Crippen LogP contribution is 2.17. The van der Waals surface area contributed by atoms with Crippen molar-refractivity contribution in [2.45, 2.75) is 12.8 Å². The monoisotopic (exact) mass is 317 g/mol. The van der Waals surface area contributed by atoms with E-state index >= 15 is 0 Å². The molecular formula is C15H16ClN5O. The van der Waals surface area contributed by atoms with E-state index in [9.17, 15) is 0 Å². The molecule has 0 saturated carbocycles. The van der Waals surface area contributed by atoms with Gasteiger partial charge in [0.2, 0.25) is 11.8 Å². The van der Waals surface area contributed by atoms with E-state index in [-0.39, 0.29) is 0 Å². The maximum absolute atomic E-state index is 5.97. The topological polar surface area (TPSA) is 75.7 Å². The first-order valence-corrected chi connectivity index (χ1v) is 7.37. The van der Waals surface area contributed by atoms with E-state index in [1.54, 1.807) is 19.4 Å². The summed E-state index contributed by atoms with van der Waals surface area (Å²) in [7, 11) is 1.58. The number of benzene rings is 1. The van der Waals surface area contributed by atoms with E-state index in [4.69, 9.17) is 16.3 Å². The Bertz CT molecular complexity index is 773. The number of anilines is 1. The Labute approximate surface area is 132 Å². The molecule has 0 aliphatic heterocycles. The lowest BCUT2D eigenvalue weighted by molar-refractivity contribution is 0.397. The summed E-state index contributed by atoms with van der Waals surface area (Å²) >= 11 is 5.97. The number of aromatic nitrogens is 4. The normalized spacial score (nSPS) is 10.8. The number of halogens is 1. The van der Waals surface area contributed by atoms with Crippen molar-refractivity contribution in [3.05, 3.63) is 41.3 Å². The van der Waals surface area contributed by atoms with E-state index in [0.29, 0.717) is 16.9 Å². The van der Waals surface area contributed by atoms with Gasteiger partial charge in [0.1, 0.15) is 5.82 Å². The molecule has 2 N–H and O–H groups in total. The highest BCUT2D eigenvalue weighted by molar-refractivity contribution is 6.31. The molecule has 0 unspecified atom stereocenters. The Morgan fingerprint density at radius 3 is 3.05 bits per heavy atom. The molecule has 22 heavy (non-hydrogen) atoms. The van der Waals surface area contributed by atoms with Crippen molar-refractivity contribution < 1.29 is 4.74 Å². The quantitative estimate of drug-likeness (QED) is 0.683. The van der Waals surface area contributed by atoms with Crippen molar-refractivity contribution >= 4 is 28.6 Å². The molecule has 0 atom stereocenters. The average Bonchev–Trinajstić information content (AvgIpc) is 2.93. The van der Waals surface area contributed by atoms with Gasteiger partial charge in [0.25, 0.3) is 0 Å². The molecule has 0 amide bonds. The summed E-state index contributed by atoms with van der Waals surface area (Å²) in [5.41, 5.74) is 1.90. The second kappa shape index (κ2) is 6.62. The Hall–Kier alpha value is -2.34. The lowest BCUT2D eigenvalue weighted by Gasteiger charge is -2.04. The van der Waals surface area contributed by atoms with Crippen LogP contribution in [0.2, 0.25) is 5.02 Å². The Morgan fingerprint density at radius 2 is 2.18 bits per heavy atom. The van der Waals surface area contributed by atoms with Crippen LogP contribution in [-0.4, -0.2) is 33.6 Å². The van der Waals surface area contributed by atoms with Crippen LogP contribution in [0.4, 0.5) is 5.95 Å². The molecule has 7 heteroatoms. The van der Waals surface area contributed by atoms with Gasteiger partial charge in [0, 0.05) is 30.3 Å². The van der Waals surface area contributed by atoms with E-state index in [0.717, 1.165) is 36.2 Å². The zero-order chi connectivity index (χ0) is 15.4. The van der Waals surface area contributed by atoms with Crippen LogP contribution >= 0.6 is 11.6 Å². The molecule has 1 aromatic carbocycles. The first-order chi connectivity index (χ1) is 10.7. The number of hydrogen-bond acceptors (Lipinski definition) is 5. The van der Waals surface area contributed by atoms with Crippen molar-refractivity contribution in [2.24, 2.45) is 0 Å². The molecule has 3 aromatic rings. The molecule has 0 saturated heterocycles. The Kier molecular flexibility index (Phi) is 4.39. The summed E-state index contributed by atoms with van der Waals surface area (Å²) in [6, 6.07) is 7.36. The first kappa shape index (κ1) is 14.6. The third kappa shape index (κ3) is 3.46. The lowest BCUT2D eigenvalue weighted by atomic mass is 10.3. The number of methoxy groups -OCH3 is 1. The molecule has 0 fully saturated rings. The summed E-state index contributed by atoms with van der Waals surface area (Å²) in [5, 5.41) is 3.88. The third-order valence-electron chi connectivity index (χ3n) is 3.21. The molecule has 0 bridgehead atoms. The minimum Gasteiger partial charge on any atom is -0.481 e. The van der Waals surface area contributed by atoms with E-state index < -0.39 is 0 Å². The lowest BCUT2D eigenvalue weighted by Crippen LogP contribution is -2.07. The number of H-pyrrole nitrogens is 1.